The van der Waals surface area contributed by atoms with Gasteiger partial charge in [0.15, 0.2) is 0 Å². The molecule has 0 radical (unpaired) electrons. The molecular formula is C13H25NO2. The predicted octanol–water partition coefficient (Wildman–Crippen LogP) is 1.55. The lowest BCUT2D eigenvalue weighted by atomic mass is 9.98. The molecule has 2 aliphatic rings. The fourth-order valence-electron chi connectivity index (χ4n) is 2.95. The second-order valence-corrected chi connectivity index (χ2v) is 5.43. The summed E-state index contributed by atoms with van der Waals surface area (Å²) in [4.78, 5) is 0. The smallest absolute Gasteiger partial charge is 0.0715 e. The molecule has 2 N–H and O–H groups in total. The monoisotopic (exact) mass is 227 g/mol. The van der Waals surface area contributed by atoms with Gasteiger partial charge in [0, 0.05) is 25.1 Å². The fraction of sp³-hybridized carbons (Fsp3) is 1.00. The summed E-state index contributed by atoms with van der Waals surface area (Å²) in [5, 5.41) is 13.5. The Labute approximate surface area is 98.6 Å². The zero-order chi connectivity index (χ0) is 11.4. The van der Waals surface area contributed by atoms with Gasteiger partial charge in [0.2, 0.25) is 0 Å². The average molecular weight is 227 g/mol. The van der Waals surface area contributed by atoms with Crippen molar-refractivity contribution in [2.24, 2.45) is 11.8 Å². The SMILES string of the molecule is CC(NCC(O)C1CCOC1)C1CCCC1. The summed E-state index contributed by atoms with van der Waals surface area (Å²) in [6.07, 6.45) is 6.27. The molecule has 3 atom stereocenters. The normalized spacial score (nSPS) is 30.8. The molecule has 0 aromatic rings. The summed E-state index contributed by atoms with van der Waals surface area (Å²) < 4.78 is 5.30. The lowest BCUT2D eigenvalue weighted by Gasteiger charge is -2.24. The molecule has 1 heterocycles. The Kier molecular flexibility index (Phi) is 4.62. The lowest BCUT2D eigenvalue weighted by molar-refractivity contribution is 0.0869. The maximum atomic E-state index is 10.00. The minimum atomic E-state index is -0.230. The maximum Gasteiger partial charge on any atom is 0.0715 e. The van der Waals surface area contributed by atoms with E-state index in [0.29, 0.717) is 12.0 Å². The summed E-state index contributed by atoms with van der Waals surface area (Å²) in [6, 6.07) is 0.555. The largest absolute Gasteiger partial charge is 0.391 e. The minimum Gasteiger partial charge on any atom is -0.391 e. The van der Waals surface area contributed by atoms with Crippen LogP contribution in [0.4, 0.5) is 0 Å². The van der Waals surface area contributed by atoms with Crippen LogP contribution in [-0.4, -0.2) is 37.0 Å². The molecule has 3 heteroatoms. The van der Waals surface area contributed by atoms with Crippen LogP contribution in [-0.2, 0) is 4.74 Å². The van der Waals surface area contributed by atoms with Gasteiger partial charge in [-0.15, -0.1) is 0 Å². The maximum absolute atomic E-state index is 10.00. The second kappa shape index (κ2) is 5.99. The minimum absolute atomic E-state index is 0.230. The summed E-state index contributed by atoms with van der Waals surface area (Å²) in [6.45, 7) is 4.54. The van der Waals surface area contributed by atoms with Gasteiger partial charge in [-0.3, -0.25) is 0 Å². The molecule has 3 unspecified atom stereocenters. The van der Waals surface area contributed by atoms with Gasteiger partial charge >= 0.3 is 0 Å². The molecule has 0 bridgehead atoms. The molecular weight excluding hydrogens is 202 g/mol. The summed E-state index contributed by atoms with van der Waals surface area (Å²) in [5.41, 5.74) is 0. The van der Waals surface area contributed by atoms with Gasteiger partial charge in [-0.05, 0) is 32.1 Å². The molecule has 94 valence electrons. The molecule has 1 saturated carbocycles. The summed E-state index contributed by atoms with van der Waals surface area (Å²) >= 11 is 0. The Morgan fingerprint density at radius 3 is 2.62 bits per heavy atom. The third-order valence-electron chi connectivity index (χ3n) is 4.26. The van der Waals surface area contributed by atoms with Crippen molar-refractivity contribution in [2.45, 2.75) is 51.2 Å². The van der Waals surface area contributed by atoms with Gasteiger partial charge in [-0.2, -0.15) is 0 Å². The number of hydrogen-bond donors (Lipinski definition) is 2. The van der Waals surface area contributed by atoms with E-state index in [1.54, 1.807) is 0 Å². The number of aliphatic hydroxyl groups is 1. The molecule has 0 spiro atoms. The van der Waals surface area contributed by atoms with Gasteiger partial charge < -0.3 is 15.2 Å². The highest BCUT2D eigenvalue weighted by Gasteiger charge is 2.26. The topological polar surface area (TPSA) is 41.5 Å². The molecule has 0 aromatic heterocycles. The van der Waals surface area contributed by atoms with Crippen molar-refractivity contribution in [1.82, 2.24) is 5.32 Å². The predicted molar refractivity (Wildman–Crippen MR) is 64.4 cm³/mol. The fourth-order valence-corrected chi connectivity index (χ4v) is 2.95. The van der Waals surface area contributed by atoms with Crippen LogP contribution in [0.5, 0.6) is 0 Å². The van der Waals surface area contributed by atoms with Gasteiger partial charge in [0.25, 0.3) is 0 Å². The standard InChI is InChI=1S/C13H25NO2/c1-10(11-4-2-3-5-11)14-8-13(15)12-6-7-16-9-12/h10-15H,2-9H2,1H3. The first kappa shape index (κ1) is 12.3. The van der Waals surface area contributed by atoms with E-state index < -0.39 is 0 Å². The van der Waals surface area contributed by atoms with E-state index in [0.717, 1.165) is 32.1 Å². The van der Waals surface area contributed by atoms with Gasteiger partial charge in [-0.25, -0.2) is 0 Å². The van der Waals surface area contributed by atoms with Crippen LogP contribution in [0.15, 0.2) is 0 Å². The van der Waals surface area contributed by atoms with Crippen molar-refractivity contribution in [3.63, 3.8) is 0 Å². The van der Waals surface area contributed by atoms with E-state index in [-0.39, 0.29) is 6.10 Å². The number of ether oxygens (including phenoxy) is 1. The van der Waals surface area contributed by atoms with Crippen molar-refractivity contribution >= 4 is 0 Å². The molecule has 1 saturated heterocycles. The zero-order valence-electron chi connectivity index (χ0n) is 10.3. The van der Waals surface area contributed by atoms with Crippen LogP contribution in [0.25, 0.3) is 0 Å². The van der Waals surface area contributed by atoms with Crippen LogP contribution in [0.1, 0.15) is 39.0 Å². The highest BCUT2D eigenvalue weighted by Crippen LogP contribution is 2.27. The van der Waals surface area contributed by atoms with Gasteiger partial charge in [0.05, 0.1) is 12.7 Å². The molecule has 3 nitrogen and oxygen atoms in total. The van der Waals surface area contributed by atoms with Crippen LogP contribution in [0, 0.1) is 11.8 Å². The van der Waals surface area contributed by atoms with E-state index in [4.69, 9.17) is 4.74 Å². The lowest BCUT2D eigenvalue weighted by Crippen LogP contribution is -2.40. The Balaban J connectivity index is 1.65. The number of aliphatic hydroxyl groups excluding tert-OH is 1. The van der Waals surface area contributed by atoms with Crippen molar-refractivity contribution in [3.8, 4) is 0 Å². The first-order valence-corrected chi connectivity index (χ1v) is 6.76. The third-order valence-corrected chi connectivity index (χ3v) is 4.26. The Morgan fingerprint density at radius 1 is 1.25 bits per heavy atom. The Morgan fingerprint density at radius 2 is 2.00 bits per heavy atom. The number of hydrogen-bond acceptors (Lipinski definition) is 3. The van der Waals surface area contributed by atoms with Crippen molar-refractivity contribution in [3.05, 3.63) is 0 Å². The van der Waals surface area contributed by atoms with E-state index in [1.807, 2.05) is 0 Å². The van der Waals surface area contributed by atoms with E-state index in [1.165, 1.54) is 25.7 Å². The Hall–Kier alpha value is -0.120. The van der Waals surface area contributed by atoms with Crippen molar-refractivity contribution in [2.75, 3.05) is 19.8 Å². The highest BCUT2D eigenvalue weighted by atomic mass is 16.5. The molecule has 16 heavy (non-hydrogen) atoms. The van der Waals surface area contributed by atoms with Gasteiger partial charge in [-0.1, -0.05) is 12.8 Å². The molecule has 1 aliphatic carbocycles. The second-order valence-electron chi connectivity index (χ2n) is 5.43. The molecule has 1 aliphatic heterocycles. The molecule has 0 amide bonds. The van der Waals surface area contributed by atoms with Crippen molar-refractivity contribution in [1.29, 1.82) is 0 Å². The van der Waals surface area contributed by atoms with Crippen molar-refractivity contribution < 1.29 is 9.84 Å². The van der Waals surface area contributed by atoms with E-state index in [2.05, 4.69) is 12.2 Å². The highest BCUT2D eigenvalue weighted by molar-refractivity contribution is 4.80. The average Bonchev–Trinajstić information content (AvgIpc) is 2.95. The molecule has 0 aromatic carbocycles. The number of rotatable bonds is 5. The van der Waals surface area contributed by atoms with Gasteiger partial charge in [0.1, 0.15) is 0 Å². The molecule has 2 rings (SSSR count). The quantitative estimate of drug-likeness (QED) is 0.749. The van der Waals surface area contributed by atoms with Crippen LogP contribution >= 0.6 is 0 Å². The van der Waals surface area contributed by atoms with Crippen LogP contribution in [0.2, 0.25) is 0 Å². The van der Waals surface area contributed by atoms with Crippen LogP contribution < -0.4 is 5.32 Å². The third kappa shape index (κ3) is 3.19. The van der Waals surface area contributed by atoms with Crippen LogP contribution in [0.3, 0.4) is 0 Å². The van der Waals surface area contributed by atoms with E-state index in [9.17, 15) is 5.11 Å². The first-order chi connectivity index (χ1) is 7.77. The first-order valence-electron chi connectivity index (χ1n) is 6.76. The molecule has 2 fully saturated rings. The number of nitrogens with one attached hydrogen (secondary N) is 1. The summed E-state index contributed by atoms with van der Waals surface area (Å²) in [5.74, 6) is 1.18. The summed E-state index contributed by atoms with van der Waals surface area (Å²) in [7, 11) is 0. The zero-order valence-corrected chi connectivity index (χ0v) is 10.3. The van der Waals surface area contributed by atoms with E-state index >= 15 is 0 Å². The Bertz CT molecular complexity index is 176.